The molecule has 1 rings (SSSR count). The topological polar surface area (TPSA) is 104 Å². The quantitative estimate of drug-likeness (QED) is 0.767. The van der Waals surface area contributed by atoms with Gasteiger partial charge in [0.1, 0.15) is 13.1 Å². The first-order chi connectivity index (χ1) is 9.27. The minimum atomic E-state index is -1.16. The van der Waals surface area contributed by atoms with Crippen LogP contribution in [0.3, 0.4) is 0 Å². The molecule has 1 saturated heterocycles. The number of carbonyl (C=O) groups excluding carboxylic acids is 2. The lowest BCUT2D eigenvalue weighted by molar-refractivity contribution is -0.138. The van der Waals surface area contributed by atoms with Crippen LogP contribution in [-0.4, -0.2) is 59.0 Å². The fourth-order valence-electron chi connectivity index (χ4n) is 2.33. The SMILES string of the molecule is CCC1(C)CCN(C(=O)N(CC(N)=O)CC(=O)O)CC1. The molecule has 7 heteroatoms. The zero-order valence-electron chi connectivity index (χ0n) is 12.1. The normalized spacial score (nSPS) is 17.6. The Hall–Kier alpha value is -1.79. The Bertz CT molecular complexity index is 373. The lowest BCUT2D eigenvalue weighted by Crippen LogP contribution is -2.51. The van der Waals surface area contributed by atoms with Crippen molar-refractivity contribution in [3.05, 3.63) is 0 Å². The Morgan fingerprint density at radius 2 is 1.80 bits per heavy atom. The van der Waals surface area contributed by atoms with E-state index in [1.807, 2.05) is 0 Å². The highest BCUT2D eigenvalue weighted by Crippen LogP contribution is 2.34. The summed E-state index contributed by atoms with van der Waals surface area (Å²) in [5, 5.41) is 8.80. The van der Waals surface area contributed by atoms with Crippen molar-refractivity contribution in [3.63, 3.8) is 0 Å². The Kier molecular flexibility index (Phi) is 5.35. The summed E-state index contributed by atoms with van der Waals surface area (Å²) in [5.41, 5.74) is 5.29. The summed E-state index contributed by atoms with van der Waals surface area (Å²) >= 11 is 0. The average molecular weight is 285 g/mol. The fourth-order valence-corrected chi connectivity index (χ4v) is 2.33. The van der Waals surface area contributed by atoms with Crippen molar-refractivity contribution in [3.8, 4) is 0 Å². The Morgan fingerprint density at radius 1 is 1.25 bits per heavy atom. The van der Waals surface area contributed by atoms with Gasteiger partial charge in [-0.15, -0.1) is 0 Å². The largest absolute Gasteiger partial charge is 0.480 e. The highest BCUT2D eigenvalue weighted by atomic mass is 16.4. The van der Waals surface area contributed by atoms with E-state index in [0.29, 0.717) is 13.1 Å². The Morgan fingerprint density at radius 3 is 2.20 bits per heavy atom. The third-order valence-electron chi connectivity index (χ3n) is 4.04. The van der Waals surface area contributed by atoms with Gasteiger partial charge in [0.15, 0.2) is 0 Å². The highest BCUT2D eigenvalue weighted by Gasteiger charge is 2.32. The van der Waals surface area contributed by atoms with Crippen molar-refractivity contribution >= 4 is 17.9 Å². The number of hydrogen-bond acceptors (Lipinski definition) is 3. The predicted octanol–water partition coefficient (Wildman–Crippen LogP) is 0.490. The number of primary amides is 1. The van der Waals surface area contributed by atoms with E-state index in [0.717, 1.165) is 24.2 Å². The molecule has 3 N–H and O–H groups in total. The van der Waals surface area contributed by atoms with Crippen LogP contribution in [-0.2, 0) is 9.59 Å². The molecule has 1 aliphatic heterocycles. The molecule has 0 unspecified atom stereocenters. The summed E-state index contributed by atoms with van der Waals surface area (Å²) in [5.74, 6) is -1.87. The van der Waals surface area contributed by atoms with Crippen molar-refractivity contribution < 1.29 is 19.5 Å². The van der Waals surface area contributed by atoms with Crippen molar-refractivity contribution in [2.75, 3.05) is 26.2 Å². The maximum absolute atomic E-state index is 12.2. The van der Waals surface area contributed by atoms with Gasteiger partial charge in [-0.2, -0.15) is 0 Å². The zero-order chi connectivity index (χ0) is 15.3. The van der Waals surface area contributed by atoms with Crippen molar-refractivity contribution in [1.82, 2.24) is 9.80 Å². The number of carboxylic acids is 1. The summed E-state index contributed by atoms with van der Waals surface area (Å²) in [6, 6.07) is -0.427. The molecule has 0 spiro atoms. The molecule has 1 fully saturated rings. The van der Waals surface area contributed by atoms with Gasteiger partial charge in [0.05, 0.1) is 0 Å². The van der Waals surface area contributed by atoms with Crippen LogP contribution in [0.15, 0.2) is 0 Å². The second-order valence-electron chi connectivity index (χ2n) is 5.65. The van der Waals surface area contributed by atoms with Gasteiger partial charge in [0, 0.05) is 13.1 Å². The zero-order valence-corrected chi connectivity index (χ0v) is 12.1. The molecule has 0 atom stereocenters. The maximum atomic E-state index is 12.2. The van der Waals surface area contributed by atoms with E-state index >= 15 is 0 Å². The number of amides is 3. The number of nitrogens with two attached hydrogens (primary N) is 1. The van der Waals surface area contributed by atoms with Crippen molar-refractivity contribution in [1.29, 1.82) is 0 Å². The van der Waals surface area contributed by atoms with Crippen LogP contribution in [0.5, 0.6) is 0 Å². The van der Waals surface area contributed by atoms with Gasteiger partial charge in [-0.1, -0.05) is 20.3 Å². The van der Waals surface area contributed by atoms with Crippen LogP contribution in [0.1, 0.15) is 33.1 Å². The van der Waals surface area contributed by atoms with Gasteiger partial charge in [0.25, 0.3) is 0 Å². The van der Waals surface area contributed by atoms with Gasteiger partial charge < -0.3 is 20.6 Å². The molecule has 0 aliphatic carbocycles. The lowest BCUT2D eigenvalue weighted by atomic mass is 9.78. The van der Waals surface area contributed by atoms with Crippen molar-refractivity contribution in [2.45, 2.75) is 33.1 Å². The van der Waals surface area contributed by atoms with E-state index in [1.54, 1.807) is 4.90 Å². The molecule has 1 aliphatic rings. The molecular weight excluding hydrogens is 262 g/mol. The predicted molar refractivity (Wildman–Crippen MR) is 73.0 cm³/mol. The van der Waals surface area contributed by atoms with Crippen LogP contribution in [0.4, 0.5) is 4.79 Å². The molecule has 0 aromatic heterocycles. The van der Waals surface area contributed by atoms with E-state index in [-0.39, 0.29) is 12.0 Å². The number of hydrogen-bond donors (Lipinski definition) is 2. The van der Waals surface area contributed by atoms with E-state index in [4.69, 9.17) is 10.8 Å². The van der Waals surface area contributed by atoms with Crippen LogP contribution < -0.4 is 5.73 Å². The molecule has 0 radical (unpaired) electrons. The number of rotatable bonds is 5. The Balaban J connectivity index is 2.66. The van der Waals surface area contributed by atoms with E-state index < -0.39 is 24.5 Å². The van der Waals surface area contributed by atoms with Crippen LogP contribution in [0, 0.1) is 5.41 Å². The minimum absolute atomic E-state index is 0.234. The van der Waals surface area contributed by atoms with Crippen LogP contribution in [0.25, 0.3) is 0 Å². The number of urea groups is 1. The first-order valence-corrected chi connectivity index (χ1v) is 6.81. The average Bonchev–Trinajstić information content (AvgIpc) is 2.37. The van der Waals surface area contributed by atoms with Crippen LogP contribution in [0.2, 0.25) is 0 Å². The van der Waals surface area contributed by atoms with E-state index in [2.05, 4.69) is 13.8 Å². The molecule has 0 aromatic rings. The third kappa shape index (κ3) is 4.40. The number of piperidine rings is 1. The van der Waals surface area contributed by atoms with Gasteiger partial charge in [-0.3, -0.25) is 9.59 Å². The molecule has 0 bridgehead atoms. The third-order valence-corrected chi connectivity index (χ3v) is 4.04. The molecule has 114 valence electrons. The summed E-state index contributed by atoms with van der Waals surface area (Å²) < 4.78 is 0. The monoisotopic (exact) mass is 285 g/mol. The summed E-state index contributed by atoms with van der Waals surface area (Å²) in [4.78, 5) is 36.5. The molecule has 20 heavy (non-hydrogen) atoms. The molecule has 7 nitrogen and oxygen atoms in total. The minimum Gasteiger partial charge on any atom is -0.480 e. The second-order valence-corrected chi connectivity index (χ2v) is 5.65. The van der Waals surface area contributed by atoms with Gasteiger partial charge in [-0.05, 0) is 18.3 Å². The molecule has 0 aromatic carbocycles. The number of nitrogens with zero attached hydrogens (tertiary/aromatic N) is 2. The molecular formula is C13H23N3O4. The van der Waals surface area contributed by atoms with Gasteiger partial charge >= 0.3 is 12.0 Å². The fraction of sp³-hybridized carbons (Fsp3) is 0.769. The molecule has 1 heterocycles. The molecule has 0 saturated carbocycles. The highest BCUT2D eigenvalue weighted by molar-refractivity contribution is 5.86. The number of carboxylic acid groups (broad SMARTS) is 1. The summed E-state index contributed by atoms with van der Waals surface area (Å²) in [6.07, 6.45) is 2.81. The van der Waals surface area contributed by atoms with E-state index in [1.165, 1.54) is 0 Å². The Labute approximate surface area is 118 Å². The second kappa shape index (κ2) is 6.58. The summed E-state index contributed by atoms with van der Waals surface area (Å²) in [6.45, 7) is 4.60. The first-order valence-electron chi connectivity index (χ1n) is 6.81. The first kappa shape index (κ1) is 16.3. The number of likely N-dealkylation sites (tertiary alicyclic amines) is 1. The maximum Gasteiger partial charge on any atom is 0.323 e. The van der Waals surface area contributed by atoms with Crippen molar-refractivity contribution in [2.24, 2.45) is 11.1 Å². The standard InChI is InChI=1S/C13H23N3O4/c1-3-13(2)4-6-15(7-5-13)12(20)16(8-10(14)17)9-11(18)19/h3-9H2,1-2H3,(H2,14,17)(H,18,19). The van der Waals surface area contributed by atoms with Crippen LogP contribution >= 0.6 is 0 Å². The number of aliphatic carboxylic acids is 1. The van der Waals surface area contributed by atoms with E-state index in [9.17, 15) is 14.4 Å². The molecule has 3 amide bonds. The summed E-state index contributed by atoms with van der Waals surface area (Å²) in [7, 11) is 0. The smallest absolute Gasteiger partial charge is 0.323 e. The number of carbonyl (C=O) groups is 3. The van der Waals surface area contributed by atoms with Gasteiger partial charge in [0.2, 0.25) is 5.91 Å². The lowest BCUT2D eigenvalue weighted by Gasteiger charge is -2.40. The van der Waals surface area contributed by atoms with Gasteiger partial charge in [-0.25, -0.2) is 4.79 Å².